The van der Waals surface area contributed by atoms with Gasteiger partial charge in [0.05, 0.1) is 6.04 Å². The second kappa shape index (κ2) is 4.32. The Labute approximate surface area is 123 Å². The minimum atomic E-state index is 0.0783. The van der Waals surface area contributed by atoms with Gasteiger partial charge in [0, 0.05) is 22.6 Å². The number of benzene rings is 2. The highest BCUT2D eigenvalue weighted by atomic mass is 16.3. The number of para-hydroxylation sites is 1. The maximum absolute atomic E-state index is 6.24. The average Bonchev–Trinajstić information content (AvgIpc) is 3.03. The van der Waals surface area contributed by atoms with Gasteiger partial charge >= 0.3 is 0 Å². The minimum Gasteiger partial charge on any atom is -0.455 e. The van der Waals surface area contributed by atoms with Gasteiger partial charge in [0.2, 0.25) is 0 Å². The lowest BCUT2D eigenvalue weighted by molar-refractivity contribution is 0.656. The van der Waals surface area contributed by atoms with Crippen LogP contribution in [-0.4, -0.2) is 6.21 Å². The molecule has 0 bridgehead atoms. The molecule has 0 spiro atoms. The van der Waals surface area contributed by atoms with Crippen molar-refractivity contribution >= 4 is 28.2 Å². The first-order valence-electron chi connectivity index (χ1n) is 7.28. The molecular formula is C19H17NO. The summed E-state index contributed by atoms with van der Waals surface area (Å²) in [4.78, 5) is 4.61. The minimum absolute atomic E-state index is 0.0783. The zero-order valence-electron chi connectivity index (χ0n) is 12.5. The van der Waals surface area contributed by atoms with Crippen molar-refractivity contribution in [3.8, 4) is 0 Å². The number of aliphatic imine (C=N–C) groups is 1. The molecule has 0 saturated heterocycles. The standard InChI is InChI=1S/C19H17NO/c1-11-9-16(20-10-11)17-12(2)7-8-15-14-6-4-5-13(3)18(14)21-19(15)17/h4-10,16H,1-3H3. The Hall–Kier alpha value is -2.35. The molecular weight excluding hydrogens is 258 g/mol. The number of fused-ring (bicyclic) bond motifs is 3. The third-order valence-electron chi connectivity index (χ3n) is 4.28. The van der Waals surface area contributed by atoms with Gasteiger partial charge in [-0.2, -0.15) is 0 Å². The fraction of sp³-hybridized carbons (Fsp3) is 0.211. The second-order valence-electron chi connectivity index (χ2n) is 5.86. The van der Waals surface area contributed by atoms with Crippen LogP contribution in [0.15, 0.2) is 51.4 Å². The summed E-state index contributed by atoms with van der Waals surface area (Å²) >= 11 is 0. The van der Waals surface area contributed by atoms with Crippen molar-refractivity contribution in [2.24, 2.45) is 4.99 Å². The second-order valence-corrected chi connectivity index (χ2v) is 5.86. The van der Waals surface area contributed by atoms with Crippen LogP contribution < -0.4 is 0 Å². The first-order chi connectivity index (χ1) is 10.1. The summed E-state index contributed by atoms with van der Waals surface area (Å²) in [6.07, 6.45) is 4.14. The van der Waals surface area contributed by atoms with Gasteiger partial charge in [-0.15, -0.1) is 0 Å². The molecule has 0 saturated carbocycles. The maximum Gasteiger partial charge on any atom is 0.141 e. The van der Waals surface area contributed by atoms with Gasteiger partial charge in [-0.3, -0.25) is 4.99 Å². The summed E-state index contributed by atoms with van der Waals surface area (Å²) in [6, 6.07) is 10.7. The molecule has 2 nitrogen and oxygen atoms in total. The van der Waals surface area contributed by atoms with Crippen LogP contribution in [0.4, 0.5) is 0 Å². The Bertz CT molecular complexity index is 928. The van der Waals surface area contributed by atoms with E-state index < -0.39 is 0 Å². The third-order valence-corrected chi connectivity index (χ3v) is 4.28. The zero-order chi connectivity index (χ0) is 14.6. The number of allylic oxidation sites excluding steroid dienone is 1. The van der Waals surface area contributed by atoms with Crippen molar-refractivity contribution in [1.82, 2.24) is 0 Å². The van der Waals surface area contributed by atoms with Crippen molar-refractivity contribution in [3.63, 3.8) is 0 Å². The highest BCUT2D eigenvalue weighted by molar-refractivity contribution is 6.07. The van der Waals surface area contributed by atoms with Gasteiger partial charge in [0.1, 0.15) is 11.2 Å². The fourth-order valence-corrected chi connectivity index (χ4v) is 3.18. The summed E-state index contributed by atoms with van der Waals surface area (Å²) in [5.74, 6) is 0. The number of aryl methyl sites for hydroxylation is 2. The topological polar surface area (TPSA) is 25.5 Å². The van der Waals surface area contributed by atoms with Crippen LogP contribution in [0.3, 0.4) is 0 Å². The highest BCUT2D eigenvalue weighted by Crippen LogP contribution is 2.38. The van der Waals surface area contributed by atoms with Crippen LogP contribution >= 0.6 is 0 Å². The first kappa shape index (κ1) is 12.4. The largest absolute Gasteiger partial charge is 0.455 e. The first-order valence-corrected chi connectivity index (χ1v) is 7.28. The molecule has 1 aliphatic rings. The quantitative estimate of drug-likeness (QED) is 0.593. The average molecular weight is 275 g/mol. The molecule has 104 valence electrons. The Morgan fingerprint density at radius 3 is 2.48 bits per heavy atom. The number of hydrogen-bond acceptors (Lipinski definition) is 2. The number of furan rings is 1. The van der Waals surface area contributed by atoms with Gasteiger partial charge in [0.15, 0.2) is 0 Å². The molecule has 3 aromatic rings. The van der Waals surface area contributed by atoms with Gasteiger partial charge < -0.3 is 4.42 Å². The molecule has 21 heavy (non-hydrogen) atoms. The van der Waals surface area contributed by atoms with E-state index >= 15 is 0 Å². The van der Waals surface area contributed by atoms with Crippen LogP contribution in [0.25, 0.3) is 21.9 Å². The van der Waals surface area contributed by atoms with E-state index in [0.29, 0.717) is 0 Å². The smallest absolute Gasteiger partial charge is 0.141 e. The van der Waals surface area contributed by atoms with E-state index in [0.717, 1.165) is 11.2 Å². The van der Waals surface area contributed by atoms with Crippen LogP contribution in [0.1, 0.15) is 29.7 Å². The Morgan fingerprint density at radius 2 is 1.71 bits per heavy atom. The summed E-state index contributed by atoms with van der Waals surface area (Å²) in [5, 5.41) is 2.37. The number of nitrogens with zero attached hydrogens (tertiary/aromatic N) is 1. The summed E-state index contributed by atoms with van der Waals surface area (Å²) < 4.78 is 6.24. The lowest BCUT2D eigenvalue weighted by atomic mass is 9.98. The summed E-state index contributed by atoms with van der Waals surface area (Å²) in [5.41, 5.74) is 6.77. The zero-order valence-corrected chi connectivity index (χ0v) is 12.5. The maximum atomic E-state index is 6.24. The van der Waals surface area contributed by atoms with E-state index in [1.165, 1.54) is 33.0 Å². The molecule has 1 atom stereocenters. The predicted octanol–water partition coefficient (Wildman–Crippen LogP) is 5.27. The van der Waals surface area contributed by atoms with Gasteiger partial charge in [-0.1, -0.05) is 36.4 Å². The third kappa shape index (κ3) is 1.75. The predicted molar refractivity (Wildman–Crippen MR) is 88.2 cm³/mol. The molecule has 1 aromatic heterocycles. The van der Waals surface area contributed by atoms with E-state index in [1.807, 2.05) is 6.21 Å². The normalized spacial score (nSPS) is 17.9. The van der Waals surface area contributed by atoms with E-state index in [-0.39, 0.29) is 6.04 Å². The summed E-state index contributed by atoms with van der Waals surface area (Å²) in [6.45, 7) is 6.31. The molecule has 0 amide bonds. The van der Waals surface area contributed by atoms with E-state index in [4.69, 9.17) is 4.42 Å². The van der Waals surface area contributed by atoms with Crippen molar-refractivity contribution in [1.29, 1.82) is 0 Å². The lowest BCUT2D eigenvalue weighted by Crippen LogP contribution is -1.93. The highest BCUT2D eigenvalue weighted by Gasteiger charge is 2.20. The van der Waals surface area contributed by atoms with Crippen LogP contribution in [0, 0.1) is 13.8 Å². The van der Waals surface area contributed by atoms with Crippen LogP contribution in [0.2, 0.25) is 0 Å². The molecule has 0 fully saturated rings. The monoisotopic (exact) mass is 275 g/mol. The molecule has 2 aromatic carbocycles. The Balaban J connectivity index is 2.11. The summed E-state index contributed by atoms with van der Waals surface area (Å²) in [7, 11) is 0. The molecule has 0 radical (unpaired) electrons. The Kier molecular flexibility index (Phi) is 2.55. The lowest BCUT2D eigenvalue weighted by Gasteiger charge is -2.09. The molecule has 2 heterocycles. The molecule has 4 rings (SSSR count). The molecule has 1 aliphatic heterocycles. The van der Waals surface area contributed by atoms with Gasteiger partial charge in [-0.05, 0) is 37.5 Å². The van der Waals surface area contributed by atoms with Crippen molar-refractivity contribution < 1.29 is 4.42 Å². The Morgan fingerprint density at radius 1 is 0.905 bits per heavy atom. The van der Waals surface area contributed by atoms with E-state index in [2.05, 4.69) is 62.2 Å². The van der Waals surface area contributed by atoms with Gasteiger partial charge in [-0.25, -0.2) is 0 Å². The molecule has 2 heteroatoms. The van der Waals surface area contributed by atoms with Crippen molar-refractivity contribution in [2.75, 3.05) is 0 Å². The van der Waals surface area contributed by atoms with E-state index in [9.17, 15) is 0 Å². The van der Waals surface area contributed by atoms with Crippen molar-refractivity contribution in [3.05, 3.63) is 58.7 Å². The fourth-order valence-electron chi connectivity index (χ4n) is 3.18. The van der Waals surface area contributed by atoms with Crippen LogP contribution in [-0.2, 0) is 0 Å². The number of hydrogen-bond donors (Lipinski definition) is 0. The van der Waals surface area contributed by atoms with Crippen molar-refractivity contribution in [2.45, 2.75) is 26.8 Å². The SMILES string of the molecule is CC1=CC(c2c(C)ccc3c2oc2c(C)cccc23)N=C1. The molecule has 0 aliphatic carbocycles. The molecule has 0 N–H and O–H groups in total. The van der Waals surface area contributed by atoms with E-state index in [1.54, 1.807) is 0 Å². The molecule has 1 unspecified atom stereocenters. The number of rotatable bonds is 1. The van der Waals surface area contributed by atoms with Gasteiger partial charge in [0.25, 0.3) is 0 Å². The van der Waals surface area contributed by atoms with Crippen LogP contribution in [0.5, 0.6) is 0 Å².